The number of likely N-dealkylation sites (tertiary alicyclic amines) is 1. The molecule has 3 atom stereocenters. The van der Waals surface area contributed by atoms with Gasteiger partial charge >= 0.3 is 6.09 Å². The maximum Gasteiger partial charge on any atom is 0.407 e. The van der Waals surface area contributed by atoms with Crippen LogP contribution in [0, 0.1) is 0 Å². The van der Waals surface area contributed by atoms with Crippen LogP contribution in [0.3, 0.4) is 0 Å². The normalized spacial score (nSPS) is 29.4. The summed E-state index contributed by atoms with van der Waals surface area (Å²) in [5.41, 5.74) is 0. The van der Waals surface area contributed by atoms with E-state index in [9.17, 15) is 9.90 Å². The Labute approximate surface area is 122 Å². The van der Waals surface area contributed by atoms with E-state index in [1.165, 1.54) is 4.90 Å². The molecule has 0 aromatic heterocycles. The molecule has 0 aromatic rings. The Balaban J connectivity index is 2.85. The minimum atomic E-state index is -1.91. The van der Waals surface area contributed by atoms with Gasteiger partial charge in [0.05, 0.1) is 17.5 Å². The number of hydrogen-bond acceptors (Lipinski definition) is 2. The summed E-state index contributed by atoms with van der Waals surface area (Å²) >= 11 is 6.19. The lowest BCUT2D eigenvalue weighted by Gasteiger charge is -2.46. The van der Waals surface area contributed by atoms with Crippen LogP contribution in [0.5, 0.6) is 0 Å². The summed E-state index contributed by atoms with van der Waals surface area (Å²) in [6.45, 7) is 13.2. The molecule has 0 aromatic carbocycles. The smallest absolute Gasteiger partial charge is 0.407 e. The zero-order valence-electron chi connectivity index (χ0n) is 12.7. The highest BCUT2D eigenvalue weighted by Crippen LogP contribution is 2.39. The minimum absolute atomic E-state index is 0.103. The maximum absolute atomic E-state index is 11.2. The highest BCUT2D eigenvalue weighted by molar-refractivity contribution is 6.74. The first kappa shape index (κ1) is 16.8. The van der Waals surface area contributed by atoms with Crippen molar-refractivity contribution >= 4 is 26.0 Å². The van der Waals surface area contributed by atoms with Crippen LogP contribution < -0.4 is 0 Å². The van der Waals surface area contributed by atoms with Gasteiger partial charge in [-0.15, -0.1) is 11.6 Å². The van der Waals surface area contributed by atoms with Gasteiger partial charge in [-0.05, 0) is 31.5 Å². The molecule has 19 heavy (non-hydrogen) atoms. The molecule has 0 unspecified atom stereocenters. The molecule has 1 rings (SSSR count). The van der Waals surface area contributed by atoms with Crippen LogP contribution in [0.1, 0.15) is 34.1 Å². The number of hydrogen-bond donors (Lipinski definition) is 1. The van der Waals surface area contributed by atoms with Crippen molar-refractivity contribution in [3.05, 3.63) is 0 Å². The van der Waals surface area contributed by atoms with Crippen LogP contribution >= 0.6 is 11.6 Å². The van der Waals surface area contributed by atoms with Gasteiger partial charge in [0.2, 0.25) is 0 Å². The van der Waals surface area contributed by atoms with Crippen molar-refractivity contribution in [1.82, 2.24) is 4.90 Å². The van der Waals surface area contributed by atoms with E-state index in [1.807, 2.05) is 6.92 Å². The SMILES string of the molecule is C[C@H]1[C@@H](O[Si](C)(C)C(C)(C)C)C[C@H](Cl)CN1C(=O)O. The molecule has 1 aliphatic heterocycles. The molecule has 0 bridgehead atoms. The van der Waals surface area contributed by atoms with Gasteiger partial charge in [-0.1, -0.05) is 20.8 Å². The number of halogens is 1. The van der Waals surface area contributed by atoms with Crippen molar-refractivity contribution < 1.29 is 14.3 Å². The Bertz CT molecular complexity index is 343. The molecule has 1 heterocycles. The maximum atomic E-state index is 11.2. The van der Waals surface area contributed by atoms with Crippen molar-refractivity contribution in [2.45, 2.75) is 69.8 Å². The van der Waals surface area contributed by atoms with Gasteiger partial charge in [-0.2, -0.15) is 0 Å². The molecule has 1 amide bonds. The lowest BCUT2D eigenvalue weighted by molar-refractivity contribution is 0.0324. The van der Waals surface area contributed by atoms with E-state index < -0.39 is 14.4 Å². The number of alkyl halides is 1. The lowest BCUT2D eigenvalue weighted by atomic mass is 10.0. The van der Waals surface area contributed by atoms with Gasteiger partial charge < -0.3 is 14.4 Å². The molecule has 1 fully saturated rings. The average molecular weight is 308 g/mol. The molecule has 1 aliphatic rings. The molecule has 1 saturated heterocycles. The van der Waals surface area contributed by atoms with Crippen molar-refractivity contribution in [2.75, 3.05) is 6.54 Å². The third-order valence-corrected chi connectivity index (χ3v) is 9.23. The minimum Gasteiger partial charge on any atom is -0.465 e. The predicted molar refractivity (Wildman–Crippen MR) is 80.5 cm³/mol. The zero-order valence-corrected chi connectivity index (χ0v) is 14.5. The van der Waals surface area contributed by atoms with Crippen LogP contribution in [-0.4, -0.2) is 48.5 Å². The fraction of sp³-hybridized carbons (Fsp3) is 0.923. The Morgan fingerprint density at radius 2 is 1.95 bits per heavy atom. The Morgan fingerprint density at radius 1 is 1.42 bits per heavy atom. The van der Waals surface area contributed by atoms with Crippen LogP contribution in [0.2, 0.25) is 18.1 Å². The fourth-order valence-electron chi connectivity index (χ4n) is 2.06. The number of carbonyl (C=O) groups is 1. The van der Waals surface area contributed by atoms with Crippen molar-refractivity contribution in [1.29, 1.82) is 0 Å². The van der Waals surface area contributed by atoms with Gasteiger partial charge in [-0.3, -0.25) is 0 Å². The van der Waals surface area contributed by atoms with Crippen LogP contribution in [0.25, 0.3) is 0 Å². The monoisotopic (exact) mass is 307 g/mol. The summed E-state index contributed by atoms with van der Waals surface area (Å²) in [4.78, 5) is 12.6. The van der Waals surface area contributed by atoms with Crippen molar-refractivity contribution in [3.63, 3.8) is 0 Å². The number of rotatable bonds is 2. The molecule has 1 N–H and O–H groups in total. The van der Waals surface area contributed by atoms with E-state index in [0.717, 1.165) is 6.42 Å². The van der Waals surface area contributed by atoms with Gasteiger partial charge in [0.25, 0.3) is 0 Å². The summed E-state index contributed by atoms with van der Waals surface area (Å²) in [6.07, 6.45) is -0.297. The second kappa shape index (κ2) is 5.62. The van der Waals surface area contributed by atoms with E-state index in [-0.39, 0.29) is 22.6 Å². The summed E-state index contributed by atoms with van der Waals surface area (Å²) in [6, 6.07) is -0.137. The standard InChI is InChI=1S/C13H26ClNO3Si/c1-9-11(18-19(5,6)13(2,3)4)7-10(14)8-15(9)12(16)17/h9-11H,7-8H2,1-6H3,(H,16,17)/t9-,10-,11-/m0/s1. The largest absolute Gasteiger partial charge is 0.465 e. The highest BCUT2D eigenvalue weighted by atomic mass is 35.5. The summed E-state index contributed by atoms with van der Waals surface area (Å²) in [5, 5.41) is 9.17. The topological polar surface area (TPSA) is 49.8 Å². The number of amides is 1. The fourth-order valence-corrected chi connectivity index (χ4v) is 3.79. The molecule has 4 nitrogen and oxygen atoms in total. The van der Waals surface area contributed by atoms with E-state index >= 15 is 0 Å². The quantitative estimate of drug-likeness (QED) is 0.624. The molecule has 0 saturated carbocycles. The van der Waals surface area contributed by atoms with Gasteiger partial charge in [0.15, 0.2) is 8.32 Å². The van der Waals surface area contributed by atoms with Crippen LogP contribution in [-0.2, 0) is 4.43 Å². The van der Waals surface area contributed by atoms with Gasteiger partial charge in [0, 0.05) is 6.54 Å². The Hall–Kier alpha value is -0.263. The first-order valence-corrected chi connectivity index (χ1v) is 10.1. The third kappa shape index (κ3) is 3.86. The molecule has 0 aliphatic carbocycles. The second-order valence-electron chi connectivity index (χ2n) is 6.93. The molecule has 112 valence electrons. The third-order valence-electron chi connectivity index (χ3n) is 4.41. The van der Waals surface area contributed by atoms with E-state index in [0.29, 0.717) is 6.54 Å². The Morgan fingerprint density at radius 3 is 2.37 bits per heavy atom. The average Bonchev–Trinajstić information content (AvgIpc) is 2.20. The number of piperidine rings is 1. The van der Waals surface area contributed by atoms with Crippen molar-refractivity contribution in [3.8, 4) is 0 Å². The summed E-state index contributed by atoms with van der Waals surface area (Å²) < 4.78 is 6.36. The molecule has 0 spiro atoms. The Kier molecular flexibility index (Phi) is 4.97. The summed E-state index contributed by atoms with van der Waals surface area (Å²) in [7, 11) is -1.91. The van der Waals surface area contributed by atoms with Gasteiger partial charge in [-0.25, -0.2) is 4.79 Å². The number of carboxylic acid groups (broad SMARTS) is 1. The number of nitrogens with zero attached hydrogens (tertiary/aromatic N) is 1. The molecular weight excluding hydrogens is 282 g/mol. The van der Waals surface area contributed by atoms with E-state index in [2.05, 4.69) is 33.9 Å². The van der Waals surface area contributed by atoms with E-state index in [4.69, 9.17) is 16.0 Å². The first-order chi connectivity index (χ1) is 8.45. The van der Waals surface area contributed by atoms with Crippen LogP contribution in [0.4, 0.5) is 4.79 Å². The van der Waals surface area contributed by atoms with E-state index in [1.54, 1.807) is 0 Å². The van der Waals surface area contributed by atoms with Gasteiger partial charge in [0.1, 0.15) is 0 Å². The first-order valence-electron chi connectivity index (χ1n) is 6.77. The highest BCUT2D eigenvalue weighted by Gasteiger charge is 2.43. The summed E-state index contributed by atoms with van der Waals surface area (Å²) in [5.74, 6) is 0. The van der Waals surface area contributed by atoms with Crippen LogP contribution in [0.15, 0.2) is 0 Å². The second-order valence-corrected chi connectivity index (χ2v) is 12.3. The predicted octanol–water partition coefficient (Wildman–Crippen LogP) is 3.76. The molecule has 0 radical (unpaired) electrons. The molecule has 6 heteroatoms. The van der Waals surface area contributed by atoms with Crippen molar-refractivity contribution in [2.24, 2.45) is 0 Å². The zero-order chi connectivity index (χ0) is 15.0. The lowest BCUT2D eigenvalue weighted by Crippen LogP contribution is -2.57. The molecular formula is C13H26ClNO3Si.